The van der Waals surface area contributed by atoms with Crippen LogP contribution in [0.15, 0.2) is 28.8 Å². The van der Waals surface area contributed by atoms with Gasteiger partial charge in [0.05, 0.1) is 12.6 Å². The lowest BCUT2D eigenvalue weighted by Crippen LogP contribution is -2.49. The van der Waals surface area contributed by atoms with Gasteiger partial charge in [0.2, 0.25) is 11.8 Å². The molecule has 1 aromatic heterocycles. The van der Waals surface area contributed by atoms with Gasteiger partial charge in [-0.3, -0.25) is 9.69 Å². The fourth-order valence-corrected chi connectivity index (χ4v) is 2.75. The zero-order chi connectivity index (χ0) is 14.8. The SMILES string of the molecule is CNC(=O)C1Cc2ccccc2CN1Cc1nc(C)no1. The van der Waals surface area contributed by atoms with Gasteiger partial charge in [0.1, 0.15) is 0 Å². The van der Waals surface area contributed by atoms with Crippen LogP contribution in [0.2, 0.25) is 0 Å². The van der Waals surface area contributed by atoms with E-state index in [4.69, 9.17) is 4.52 Å². The molecule has 0 bridgehead atoms. The first-order valence-electron chi connectivity index (χ1n) is 6.99. The van der Waals surface area contributed by atoms with Crippen LogP contribution in [-0.2, 0) is 24.3 Å². The molecule has 3 rings (SSSR count). The van der Waals surface area contributed by atoms with Crippen molar-refractivity contribution in [2.75, 3.05) is 7.05 Å². The van der Waals surface area contributed by atoms with Crippen molar-refractivity contribution in [3.05, 3.63) is 47.1 Å². The van der Waals surface area contributed by atoms with Crippen molar-refractivity contribution >= 4 is 5.91 Å². The lowest BCUT2D eigenvalue weighted by Gasteiger charge is -2.34. The van der Waals surface area contributed by atoms with Gasteiger partial charge in [-0.2, -0.15) is 4.98 Å². The Morgan fingerprint density at radius 3 is 2.86 bits per heavy atom. The number of hydrogen-bond acceptors (Lipinski definition) is 5. The summed E-state index contributed by atoms with van der Waals surface area (Å²) in [6, 6.07) is 8.00. The third-order valence-corrected chi connectivity index (χ3v) is 3.80. The summed E-state index contributed by atoms with van der Waals surface area (Å²) in [5.74, 6) is 1.17. The van der Waals surface area contributed by atoms with Crippen LogP contribution in [0.4, 0.5) is 0 Å². The van der Waals surface area contributed by atoms with Crippen LogP contribution in [-0.4, -0.2) is 34.0 Å². The number of rotatable bonds is 3. The van der Waals surface area contributed by atoms with E-state index in [0.29, 0.717) is 31.2 Å². The van der Waals surface area contributed by atoms with E-state index in [1.165, 1.54) is 11.1 Å². The number of likely N-dealkylation sites (N-methyl/N-ethyl adjacent to an activating group) is 1. The number of carbonyl (C=O) groups excluding carboxylic acids is 1. The van der Waals surface area contributed by atoms with Gasteiger partial charge in [-0.25, -0.2) is 0 Å². The third-order valence-electron chi connectivity index (χ3n) is 3.80. The van der Waals surface area contributed by atoms with Crippen molar-refractivity contribution < 1.29 is 9.32 Å². The van der Waals surface area contributed by atoms with E-state index in [2.05, 4.69) is 32.5 Å². The molecule has 21 heavy (non-hydrogen) atoms. The maximum Gasteiger partial charge on any atom is 0.240 e. The van der Waals surface area contributed by atoms with E-state index >= 15 is 0 Å². The number of amides is 1. The Hall–Kier alpha value is -2.21. The lowest BCUT2D eigenvalue weighted by molar-refractivity contribution is -0.126. The topological polar surface area (TPSA) is 71.3 Å². The fraction of sp³-hybridized carbons (Fsp3) is 0.400. The number of carbonyl (C=O) groups is 1. The maximum absolute atomic E-state index is 12.2. The molecule has 0 aliphatic carbocycles. The summed E-state index contributed by atoms with van der Waals surface area (Å²) in [4.78, 5) is 18.5. The number of fused-ring (bicyclic) bond motifs is 1. The highest BCUT2D eigenvalue weighted by atomic mass is 16.5. The van der Waals surface area contributed by atoms with E-state index < -0.39 is 0 Å². The Bertz CT molecular complexity index is 653. The predicted octanol–water partition coefficient (Wildman–Crippen LogP) is 1.05. The normalized spacial score (nSPS) is 18.3. The van der Waals surface area contributed by atoms with Crippen molar-refractivity contribution in [2.24, 2.45) is 0 Å². The number of aromatic nitrogens is 2. The zero-order valence-electron chi connectivity index (χ0n) is 12.2. The maximum atomic E-state index is 12.2. The predicted molar refractivity (Wildman–Crippen MR) is 76.3 cm³/mol. The molecule has 0 saturated carbocycles. The van der Waals surface area contributed by atoms with E-state index in [-0.39, 0.29) is 11.9 Å². The molecule has 1 N–H and O–H groups in total. The first-order chi connectivity index (χ1) is 10.2. The minimum atomic E-state index is -0.211. The number of benzene rings is 1. The molecule has 110 valence electrons. The molecule has 6 nitrogen and oxygen atoms in total. The van der Waals surface area contributed by atoms with Crippen LogP contribution in [0.5, 0.6) is 0 Å². The Balaban J connectivity index is 1.87. The van der Waals surface area contributed by atoms with E-state index in [1.54, 1.807) is 14.0 Å². The van der Waals surface area contributed by atoms with Crippen molar-refractivity contribution in [3.63, 3.8) is 0 Å². The second kappa shape index (κ2) is 5.65. The Morgan fingerprint density at radius 2 is 2.19 bits per heavy atom. The molecular weight excluding hydrogens is 268 g/mol. The minimum Gasteiger partial charge on any atom is -0.358 e. The highest BCUT2D eigenvalue weighted by Gasteiger charge is 2.31. The van der Waals surface area contributed by atoms with Gasteiger partial charge in [-0.1, -0.05) is 29.4 Å². The van der Waals surface area contributed by atoms with Crippen molar-refractivity contribution in [1.82, 2.24) is 20.4 Å². The van der Waals surface area contributed by atoms with Gasteiger partial charge >= 0.3 is 0 Å². The molecule has 1 unspecified atom stereocenters. The molecule has 6 heteroatoms. The third kappa shape index (κ3) is 2.80. The molecule has 0 saturated heterocycles. The first-order valence-corrected chi connectivity index (χ1v) is 6.99. The largest absolute Gasteiger partial charge is 0.358 e. The number of hydrogen-bond donors (Lipinski definition) is 1. The molecule has 0 radical (unpaired) electrons. The Kier molecular flexibility index (Phi) is 3.70. The number of nitrogens with one attached hydrogen (secondary N) is 1. The van der Waals surface area contributed by atoms with E-state index in [1.807, 2.05) is 12.1 Å². The Morgan fingerprint density at radius 1 is 1.43 bits per heavy atom. The van der Waals surface area contributed by atoms with Crippen LogP contribution in [0.25, 0.3) is 0 Å². The summed E-state index contributed by atoms with van der Waals surface area (Å²) in [6.45, 7) is 2.97. The molecule has 1 aliphatic heterocycles. The summed E-state index contributed by atoms with van der Waals surface area (Å²) in [5, 5.41) is 6.54. The molecule has 1 aromatic carbocycles. The van der Waals surface area contributed by atoms with Crippen LogP contribution in [0, 0.1) is 6.92 Å². The monoisotopic (exact) mass is 286 g/mol. The lowest BCUT2D eigenvalue weighted by atomic mass is 9.93. The van der Waals surface area contributed by atoms with Crippen molar-refractivity contribution in [2.45, 2.75) is 32.5 Å². The summed E-state index contributed by atoms with van der Waals surface area (Å²) < 4.78 is 5.18. The quantitative estimate of drug-likeness (QED) is 0.913. The second-order valence-electron chi connectivity index (χ2n) is 5.24. The van der Waals surface area contributed by atoms with Crippen molar-refractivity contribution in [3.8, 4) is 0 Å². The van der Waals surface area contributed by atoms with Crippen LogP contribution in [0.1, 0.15) is 22.8 Å². The summed E-state index contributed by atoms with van der Waals surface area (Å²) in [5.41, 5.74) is 2.47. The molecule has 0 spiro atoms. The highest BCUT2D eigenvalue weighted by Crippen LogP contribution is 2.24. The van der Waals surface area contributed by atoms with E-state index in [0.717, 1.165) is 0 Å². The average Bonchev–Trinajstić information content (AvgIpc) is 2.91. The van der Waals surface area contributed by atoms with Crippen LogP contribution in [0.3, 0.4) is 0 Å². The summed E-state index contributed by atoms with van der Waals surface area (Å²) >= 11 is 0. The highest BCUT2D eigenvalue weighted by molar-refractivity contribution is 5.82. The van der Waals surface area contributed by atoms with Gasteiger partial charge in [0.15, 0.2) is 5.82 Å². The Labute approximate surface area is 123 Å². The molecule has 1 aliphatic rings. The van der Waals surface area contributed by atoms with Crippen molar-refractivity contribution in [1.29, 1.82) is 0 Å². The number of aryl methyl sites for hydroxylation is 1. The summed E-state index contributed by atoms with van der Waals surface area (Å²) in [7, 11) is 1.66. The van der Waals surface area contributed by atoms with Gasteiger partial charge in [0.25, 0.3) is 0 Å². The summed E-state index contributed by atoms with van der Waals surface area (Å²) in [6.07, 6.45) is 0.697. The minimum absolute atomic E-state index is 0.0146. The molecular formula is C15H18N4O2. The molecule has 0 fully saturated rings. The number of nitrogens with zero attached hydrogens (tertiary/aromatic N) is 3. The second-order valence-corrected chi connectivity index (χ2v) is 5.24. The van der Waals surface area contributed by atoms with Gasteiger partial charge in [-0.05, 0) is 24.5 Å². The standard InChI is InChI=1S/C15H18N4O2/c1-10-17-14(21-18-10)9-19-8-12-6-4-3-5-11(12)7-13(19)15(20)16-2/h3-6,13H,7-9H2,1-2H3,(H,16,20). The van der Waals surface area contributed by atoms with Crippen LogP contribution >= 0.6 is 0 Å². The molecule has 1 atom stereocenters. The van der Waals surface area contributed by atoms with Gasteiger partial charge < -0.3 is 9.84 Å². The van der Waals surface area contributed by atoms with Gasteiger partial charge in [0, 0.05) is 13.6 Å². The van der Waals surface area contributed by atoms with E-state index in [9.17, 15) is 4.79 Å². The molecule has 1 amide bonds. The fourth-order valence-electron chi connectivity index (χ4n) is 2.75. The average molecular weight is 286 g/mol. The van der Waals surface area contributed by atoms with Crippen LogP contribution < -0.4 is 5.32 Å². The zero-order valence-corrected chi connectivity index (χ0v) is 12.2. The smallest absolute Gasteiger partial charge is 0.240 e. The molecule has 2 aromatic rings. The first kappa shape index (κ1) is 13.8. The van der Waals surface area contributed by atoms with Gasteiger partial charge in [-0.15, -0.1) is 0 Å². The molecule has 2 heterocycles.